The molecule has 1 aliphatic rings. The standard InChI is InChI=1S/C14H24N2O2S2/c1-11-6-4-5-7-14(11)16(3)20(17,18)13-8-12(9-15-2)19-10-13/h8,10-11,14-15H,4-7,9H2,1-3H3. The van der Waals surface area contributed by atoms with Crippen molar-refractivity contribution in [1.82, 2.24) is 9.62 Å². The van der Waals surface area contributed by atoms with E-state index in [0.29, 0.717) is 17.4 Å². The van der Waals surface area contributed by atoms with Gasteiger partial charge in [0.05, 0.1) is 4.90 Å². The van der Waals surface area contributed by atoms with E-state index in [-0.39, 0.29) is 6.04 Å². The third-order valence-corrected chi connectivity index (χ3v) is 7.14. The Morgan fingerprint density at radius 2 is 2.10 bits per heavy atom. The molecule has 2 atom stereocenters. The molecule has 6 heteroatoms. The summed E-state index contributed by atoms with van der Waals surface area (Å²) in [5.74, 6) is 0.443. The van der Waals surface area contributed by atoms with E-state index in [1.807, 2.05) is 7.05 Å². The molecule has 0 spiro atoms. The van der Waals surface area contributed by atoms with Gasteiger partial charge in [-0.25, -0.2) is 8.42 Å². The minimum atomic E-state index is -3.35. The number of nitrogens with one attached hydrogen (secondary N) is 1. The highest BCUT2D eigenvalue weighted by atomic mass is 32.2. The molecule has 4 nitrogen and oxygen atoms in total. The first-order valence-electron chi connectivity index (χ1n) is 7.17. The fourth-order valence-corrected chi connectivity index (χ4v) is 5.70. The van der Waals surface area contributed by atoms with Crippen LogP contribution < -0.4 is 5.32 Å². The number of sulfonamides is 1. The number of rotatable bonds is 5. The van der Waals surface area contributed by atoms with Crippen LogP contribution >= 0.6 is 11.3 Å². The molecule has 0 radical (unpaired) electrons. The largest absolute Gasteiger partial charge is 0.315 e. The number of thiophene rings is 1. The molecule has 0 bridgehead atoms. The molecule has 0 aliphatic heterocycles. The average molecular weight is 316 g/mol. The van der Waals surface area contributed by atoms with Crippen LogP contribution in [0.15, 0.2) is 16.3 Å². The van der Waals surface area contributed by atoms with Gasteiger partial charge < -0.3 is 5.32 Å². The maximum absolute atomic E-state index is 12.7. The molecule has 0 amide bonds. The van der Waals surface area contributed by atoms with E-state index >= 15 is 0 Å². The Hall–Kier alpha value is -0.430. The van der Waals surface area contributed by atoms with Gasteiger partial charge in [-0.2, -0.15) is 4.31 Å². The van der Waals surface area contributed by atoms with E-state index in [1.54, 1.807) is 22.8 Å². The first-order valence-corrected chi connectivity index (χ1v) is 9.49. The lowest BCUT2D eigenvalue weighted by Gasteiger charge is -2.35. The predicted octanol–water partition coefficient (Wildman–Crippen LogP) is 2.67. The summed E-state index contributed by atoms with van der Waals surface area (Å²) in [5, 5.41) is 4.81. The van der Waals surface area contributed by atoms with Gasteiger partial charge in [0.25, 0.3) is 0 Å². The van der Waals surface area contributed by atoms with E-state index in [1.165, 1.54) is 17.8 Å². The fraction of sp³-hybridized carbons (Fsp3) is 0.714. The summed E-state index contributed by atoms with van der Waals surface area (Å²) in [6, 6.07) is 1.93. The second-order valence-electron chi connectivity index (χ2n) is 5.63. The Morgan fingerprint density at radius 1 is 1.40 bits per heavy atom. The molecule has 0 aromatic carbocycles. The van der Waals surface area contributed by atoms with E-state index in [9.17, 15) is 8.42 Å². The number of hydrogen-bond acceptors (Lipinski definition) is 4. The van der Waals surface area contributed by atoms with Gasteiger partial charge in [0.15, 0.2) is 0 Å². The Bertz CT molecular complexity index is 539. The van der Waals surface area contributed by atoms with E-state index in [2.05, 4.69) is 12.2 Å². The van der Waals surface area contributed by atoms with Crippen molar-refractivity contribution < 1.29 is 8.42 Å². The van der Waals surface area contributed by atoms with Gasteiger partial charge in [-0.15, -0.1) is 11.3 Å². The van der Waals surface area contributed by atoms with E-state index in [4.69, 9.17) is 0 Å². The molecule has 1 fully saturated rings. The monoisotopic (exact) mass is 316 g/mol. The smallest absolute Gasteiger partial charge is 0.243 e. The van der Waals surface area contributed by atoms with Crippen LogP contribution in [0.4, 0.5) is 0 Å². The molecule has 1 N–H and O–H groups in total. The summed E-state index contributed by atoms with van der Waals surface area (Å²) in [7, 11) is 0.245. The summed E-state index contributed by atoms with van der Waals surface area (Å²) in [4.78, 5) is 1.49. The zero-order valence-corrected chi connectivity index (χ0v) is 14.1. The van der Waals surface area contributed by atoms with Gasteiger partial charge in [-0.1, -0.05) is 19.8 Å². The molecule has 1 aromatic heterocycles. The summed E-state index contributed by atoms with van der Waals surface area (Å²) >= 11 is 1.50. The Kier molecular flexibility index (Phi) is 5.23. The van der Waals surface area contributed by atoms with Gasteiger partial charge >= 0.3 is 0 Å². The number of nitrogens with zero attached hydrogens (tertiary/aromatic N) is 1. The normalized spacial score (nSPS) is 24.2. The average Bonchev–Trinajstić information content (AvgIpc) is 2.88. The topological polar surface area (TPSA) is 49.4 Å². The lowest BCUT2D eigenvalue weighted by atomic mass is 9.86. The van der Waals surface area contributed by atoms with Crippen molar-refractivity contribution in [2.75, 3.05) is 14.1 Å². The van der Waals surface area contributed by atoms with E-state index < -0.39 is 10.0 Å². The van der Waals surface area contributed by atoms with Gasteiger partial charge in [0.1, 0.15) is 0 Å². The lowest BCUT2D eigenvalue weighted by Crippen LogP contribution is -2.42. The Balaban J connectivity index is 2.19. The molecule has 1 heterocycles. The second-order valence-corrected chi connectivity index (χ2v) is 8.62. The quantitative estimate of drug-likeness (QED) is 0.908. The summed E-state index contributed by atoms with van der Waals surface area (Å²) < 4.78 is 27.0. The molecule has 1 aliphatic carbocycles. The predicted molar refractivity (Wildman–Crippen MR) is 83.5 cm³/mol. The minimum Gasteiger partial charge on any atom is -0.315 e. The van der Waals surface area contributed by atoms with Crippen LogP contribution in [0.3, 0.4) is 0 Å². The molecule has 1 saturated carbocycles. The molecule has 114 valence electrons. The molecule has 0 saturated heterocycles. The first kappa shape index (κ1) is 15.9. The lowest BCUT2D eigenvalue weighted by molar-refractivity contribution is 0.213. The zero-order valence-electron chi connectivity index (χ0n) is 12.4. The SMILES string of the molecule is CNCc1cc(S(=O)(=O)N(C)C2CCCCC2C)cs1. The summed E-state index contributed by atoms with van der Waals surface area (Å²) in [6.45, 7) is 2.87. The van der Waals surface area contributed by atoms with Crippen molar-refractivity contribution in [3.63, 3.8) is 0 Å². The Morgan fingerprint density at radius 3 is 2.75 bits per heavy atom. The van der Waals surface area contributed by atoms with Crippen LogP contribution in [-0.2, 0) is 16.6 Å². The minimum absolute atomic E-state index is 0.140. The van der Waals surface area contributed by atoms with Crippen LogP contribution in [-0.4, -0.2) is 32.9 Å². The van der Waals surface area contributed by atoms with Crippen molar-refractivity contribution in [2.45, 2.75) is 50.1 Å². The van der Waals surface area contributed by atoms with Crippen molar-refractivity contribution in [3.05, 3.63) is 16.3 Å². The van der Waals surface area contributed by atoms with Crippen molar-refractivity contribution in [3.8, 4) is 0 Å². The van der Waals surface area contributed by atoms with Gasteiger partial charge in [0, 0.05) is 29.9 Å². The zero-order chi connectivity index (χ0) is 14.8. The molecular formula is C14H24N2O2S2. The van der Waals surface area contributed by atoms with Crippen LogP contribution in [0, 0.1) is 5.92 Å². The molecular weight excluding hydrogens is 292 g/mol. The first-order chi connectivity index (χ1) is 9.46. The molecule has 2 rings (SSSR count). The fourth-order valence-electron chi connectivity index (χ4n) is 2.94. The third kappa shape index (κ3) is 3.24. The second kappa shape index (κ2) is 6.56. The van der Waals surface area contributed by atoms with Crippen molar-refractivity contribution in [1.29, 1.82) is 0 Å². The van der Waals surface area contributed by atoms with Crippen molar-refractivity contribution in [2.24, 2.45) is 5.92 Å². The van der Waals surface area contributed by atoms with E-state index in [0.717, 1.165) is 24.1 Å². The number of hydrogen-bond donors (Lipinski definition) is 1. The summed E-state index contributed by atoms with van der Waals surface area (Å²) in [5.41, 5.74) is 0. The highest BCUT2D eigenvalue weighted by Gasteiger charge is 2.33. The van der Waals surface area contributed by atoms with Crippen LogP contribution in [0.2, 0.25) is 0 Å². The van der Waals surface area contributed by atoms with Gasteiger partial charge in [0.2, 0.25) is 10.0 Å². The third-order valence-electron chi connectivity index (χ3n) is 4.19. The highest BCUT2D eigenvalue weighted by molar-refractivity contribution is 7.89. The molecule has 1 aromatic rings. The maximum Gasteiger partial charge on any atom is 0.243 e. The maximum atomic E-state index is 12.7. The van der Waals surface area contributed by atoms with Crippen LogP contribution in [0.5, 0.6) is 0 Å². The molecule has 2 unspecified atom stereocenters. The molecule has 20 heavy (non-hydrogen) atoms. The van der Waals surface area contributed by atoms with Crippen molar-refractivity contribution >= 4 is 21.4 Å². The summed E-state index contributed by atoms with van der Waals surface area (Å²) in [6.07, 6.45) is 4.45. The van der Waals surface area contributed by atoms with Crippen LogP contribution in [0.1, 0.15) is 37.5 Å². The highest BCUT2D eigenvalue weighted by Crippen LogP contribution is 2.31. The Labute approximate surface area is 126 Å². The van der Waals surface area contributed by atoms with Gasteiger partial charge in [-0.3, -0.25) is 0 Å². The van der Waals surface area contributed by atoms with Crippen LogP contribution in [0.25, 0.3) is 0 Å². The van der Waals surface area contributed by atoms with Gasteiger partial charge in [-0.05, 0) is 31.9 Å².